The summed E-state index contributed by atoms with van der Waals surface area (Å²) in [6.07, 6.45) is 2.42. The van der Waals surface area contributed by atoms with Gasteiger partial charge in [-0.05, 0) is 13.0 Å². The Kier molecular flexibility index (Phi) is 3.07. The number of rotatable bonds is 3. The molecule has 0 saturated carbocycles. The predicted octanol–water partition coefficient (Wildman–Crippen LogP) is 3.43. The zero-order chi connectivity index (χ0) is 10.7. The summed E-state index contributed by atoms with van der Waals surface area (Å²) < 4.78 is 5.57. The quantitative estimate of drug-likeness (QED) is 0.743. The summed E-state index contributed by atoms with van der Waals surface area (Å²) in [5.74, 6) is 2.04. The molecule has 0 radical (unpaired) electrons. The van der Waals surface area contributed by atoms with E-state index in [-0.39, 0.29) is 0 Å². The van der Waals surface area contributed by atoms with Gasteiger partial charge in [-0.2, -0.15) is 0 Å². The van der Waals surface area contributed by atoms with Crippen LogP contribution in [0.3, 0.4) is 0 Å². The van der Waals surface area contributed by atoms with Gasteiger partial charge in [0.25, 0.3) is 0 Å². The van der Waals surface area contributed by atoms with Gasteiger partial charge in [0.15, 0.2) is 11.7 Å². The summed E-state index contributed by atoms with van der Waals surface area (Å²) in [4.78, 5) is 4.16. The summed E-state index contributed by atoms with van der Waals surface area (Å²) in [6, 6.07) is 8.15. The van der Waals surface area contributed by atoms with Gasteiger partial charge in [0, 0.05) is 17.9 Å². The number of oxazole rings is 1. The smallest absolute Gasteiger partial charge is 0.196 e. The number of nitrogens with zero attached hydrogens (tertiary/aromatic N) is 1. The van der Waals surface area contributed by atoms with Crippen LogP contribution in [0.4, 0.5) is 0 Å². The Balaban J connectivity index is 2.29. The lowest BCUT2D eigenvalue weighted by Gasteiger charge is -1.97. The van der Waals surface area contributed by atoms with Gasteiger partial charge in [0.2, 0.25) is 0 Å². The van der Waals surface area contributed by atoms with Gasteiger partial charge in [-0.3, -0.25) is 0 Å². The molecule has 1 aromatic carbocycles. The van der Waals surface area contributed by atoms with Gasteiger partial charge in [0.1, 0.15) is 0 Å². The molecule has 0 aliphatic heterocycles. The van der Waals surface area contributed by atoms with E-state index < -0.39 is 0 Å². The van der Waals surface area contributed by atoms with Crippen LogP contribution in [-0.4, -0.2) is 10.9 Å². The topological polar surface area (TPSA) is 26.0 Å². The predicted molar refractivity (Wildman–Crippen MR) is 61.1 cm³/mol. The molecule has 2 aromatic rings. The standard InChI is InChI=1S/C12H12ClNO/c1-9-3-2-4-10(7-9)11-8-14-12(15-11)5-6-13/h2-4,7-8H,5-6H2,1H3. The Morgan fingerprint density at radius 3 is 3.00 bits per heavy atom. The van der Waals surface area contributed by atoms with E-state index in [1.807, 2.05) is 12.1 Å². The lowest BCUT2D eigenvalue weighted by atomic mass is 10.1. The number of aromatic nitrogens is 1. The molecule has 0 spiro atoms. The second kappa shape index (κ2) is 4.49. The molecule has 3 heteroatoms. The van der Waals surface area contributed by atoms with Crippen LogP contribution in [0.2, 0.25) is 0 Å². The van der Waals surface area contributed by atoms with Crippen molar-refractivity contribution in [3.05, 3.63) is 41.9 Å². The summed E-state index contributed by atoms with van der Waals surface area (Å²) in [5, 5.41) is 0. The minimum atomic E-state index is 0.535. The highest BCUT2D eigenvalue weighted by atomic mass is 35.5. The van der Waals surface area contributed by atoms with E-state index in [9.17, 15) is 0 Å². The van der Waals surface area contributed by atoms with Crippen LogP contribution in [0.5, 0.6) is 0 Å². The molecule has 0 fully saturated rings. The van der Waals surface area contributed by atoms with Gasteiger partial charge in [-0.25, -0.2) is 4.98 Å². The van der Waals surface area contributed by atoms with E-state index in [1.54, 1.807) is 6.20 Å². The number of benzene rings is 1. The zero-order valence-electron chi connectivity index (χ0n) is 8.53. The third-order valence-electron chi connectivity index (χ3n) is 2.16. The maximum atomic E-state index is 5.62. The molecule has 1 aromatic heterocycles. The lowest BCUT2D eigenvalue weighted by Crippen LogP contribution is -1.83. The summed E-state index contributed by atoms with van der Waals surface area (Å²) in [7, 11) is 0. The first-order valence-corrected chi connectivity index (χ1v) is 5.41. The molecule has 0 aliphatic rings. The Labute approximate surface area is 93.9 Å². The molecule has 0 amide bonds. The van der Waals surface area contributed by atoms with Crippen LogP contribution in [-0.2, 0) is 6.42 Å². The molecule has 0 N–H and O–H groups in total. The van der Waals surface area contributed by atoms with Gasteiger partial charge in [0.05, 0.1) is 6.20 Å². The van der Waals surface area contributed by atoms with E-state index in [1.165, 1.54) is 5.56 Å². The Hall–Kier alpha value is -1.28. The Bertz CT molecular complexity index is 450. The van der Waals surface area contributed by atoms with E-state index in [2.05, 4.69) is 24.0 Å². The number of alkyl halides is 1. The fourth-order valence-electron chi connectivity index (χ4n) is 1.44. The van der Waals surface area contributed by atoms with Crippen LogP contribution in [0.1, 0.15) is 11.5 Å². The van der Waals surface area contributed by atoms with Gasteiger partial charge in [-0.15, -0.1) is 11.6 Å². The number of hydrogen-bond acceptors (Lipinski definition) is 2. The van der Waals surface area contributed by atoms with E-state index in [4.69, 9.17) is 16.0 Å². The van der Waals surface area contributed by atoms with Crippen LogP contribution >= 0.6 is 11.6 Å². The zero-order valence-corrected chi connectivity index (χ0v) is 9.29. The number of aryl methyl sites for hydroxylation is 2. The molecular weight excluding hydrogens is 210 g/mol. The summed E-state index contributed by atoms with van der Waals surface area (Å²) in [5.41, 5.74) is 2.27. The highest BCUT2D eigenvalue weighted by Gasteiger charge is 2.05. The van der Waals surface area contributed by atoms with Gasteiger partial charge in [-0.1, -0.05) is 23.8 Å². The molecule has 0 bridgehead atoms. The summed E-state index contributed by atoms with van der Waals surface area (Å²) in [6.45, 7) is 2.06. The SMILES string of the molecule is Cc1cccc(-c2cnc(CCCl)o2)c1. The molecule has 2 rings (SSSR count). The first-order chi connectivity index (χ1) is 7.29. The minimum absolute atomic E-state index is 0.535. The fourth-order valence-corrected chi connectivity index (χ4v) is 1.60. The minimum Gasteiger partial charge on any atom is -0.441 e. The maximum Gasteiger partial charge on any atom is 0.196 e. The lowest BCUT2D eigenvalue weighted by molar-refractivity contribution is 0.514. The van der Waals surface area contributed by atoms with Crippen molar-refractivity contribution in [1.82, 2.24) is 4.98 Å². The fraction of sp³-hybridized carbons (Fsp3) is 0.250. The van der Waals surface area contributed by atoms with Crippen LogP contribution < -0.4 is 0 Å². The molecule has 1 heterocycles. The van der Waals surface area contributed by atoms with Crippen LogP contribution in [0.15, 0.2) is 34.9 Å². The van der Waals surface area contributed by atoms with Crippen molar-refractivity contribution < 1.29 is 4.42 Å². The average Bonchev–Trinajstić information content (AvgIpc) is 2.67. The van der Waals surface area contributed by atoms with Crippen molar-refractivity contribution in [1.29, 1.82) is 0 Å². The Morgan fingerprint density at radius 1 is 1.40 bits per heavy atom. The molecule has 0 atom stereocenters. The van der Waals surface area contributed by atoms with Crippen LogP contribution in [0, 0.1) is 6.92 Å². The first-order valence-electron chi connectivity index (χ1n) is 4.87. The maximum absolute atomic E-state index is 5.62. The largest absolute Gasteiger partial charge is 0.441 e. The monoisotopic (exact) mass is 221 g/mol. The second-order valence-corrected chi connectivity index (χ2v) is 3.80. The van der Waals surface area contributed by atoms with Gasteiger partial charge >= 0.3 is 0 Å². The molecular formula is C12H12ClNO. The van der Waals surface area contributed by atoms with E-state index >= 15 is 0 Å². The van der Waals surface area contributed by atoms with Crippen molar-refractivity contribution in [2.45, 2.75) is 13.3 Å². The first kappa shape index (κ1) is 10.2. The third-order valence-corrected chi connectivity index (χ3v) is 2.35. The summed E-state index contributed by atoms with van der Waals surface area (Å²) >= 11 is 5.62. The molecule has 0 saturated heterocycles. The second-order valence-electron chi connectivity index (χ2n) is 3.43. The van der Waals surface area contributed by atoms with E-state index in [0.29, 0.717) is 18.2 Å². The normalized spacial score (nSPS) is 10.5. The average molecular weight is 222 g/mol. The molecule has 0 aliphatic carbocycles. The Morgan fingerprint density at radius 2 is 2.27 bits per heavy atom. The number of halogens is 1. The van der Waals surface area contributed by atoms with Crippen molar-refractivity contribution in [2.75, 3.05) is 5.88 Å². The van der Waals surface area contributed by atoms with Crippen LogP contribution in [0.25, 0.3) is 11.3 Å². The van der Waals surface area contributed by atoms with E-state index in [0.717, 1.165) is 11.3 Å². The van der Waals surface area contributed by atoms with Crippen molar-refractivity contribution in [3.63, 3.8) is 0 Å². The van der Waals surface area contributed by atoms with Crippen molar-refractivity contribution in [2.24, 2.45) is 0 Å². The highest BCUT2D eigenvalue weighted by Crippen LogP contribution is 2.21. The molecule has 0 unspecified atom stereocenters. The molecule has 2 nitrogen and oxygen atoms in total. The third kappa shape index (κ3) is 2.39. The number of hydrogen-bond donors (Lipinski definition) is 0. The van der Waals surface area contributed by atoms with Gasteiger partial charge < -0.3 is 4.42 Å². The highest BCUT2D eigenvalue weighted by molar-refractivity contribution is 6.17. The molecule has 78 valence electrons. The van der Waals surface area contributed by atoms with Crippen molar-refractivity contribution in [3.8, 4) is 11.3 Å². The van der Waals surface area contributed by atoms with Crippen molar-refractivity contribution >= 4 is 11.6 Å². The molecule has 15 heavy (non-hydrogen) atoms.